The SMILES string of the molecule is COc1ccc(C)cc1NC(=O)[C@H](C)OC(=O)[C@H]1CS[C@@]2(C)CCC(=O)N12. The largest absolute Gasteiger partial charge is 0.495 e. The van der Waals surface area contributed by atoms with Crippen LogP contribution in [0.5, 0.6) is 5.75 Å². The number of carbonyl (C=O) groups excluding carboxylic acids is 3. The summed E-state index contributed by atoms with van der Waals surface area (Å²) in [4.78, 5) is 38.5. The number of fused-ring (bicyclic) bond motifs is 1. The Morgan fingerprint density at radius 3 is 2.85 bits per heavy atom. The number of thioether (sulfide) groups is 1. The molecule has 3 atom stereocenters. The molecular formula is C19H24N2O5S. The van der Waals surface area contributed by atoms with E-state index >= 15 is 0 Å². The number of nitrogens with one attached hydrogen (secondary N) is 1. The van der Waals surface area contributed by atoms with Gasteiger partial charge in [-0.25, -0.2) is 4.79 Å². The highest BCUT2D eigenvalue weighted by Crippen LogP contribution is 2.47. The molecule has 0 radical (unpaired) electrons. The average molecular weight is 392 g/mol. The Balaban J connectivity index is 1.64. The number of rotatable bonds is 5. The minimum atomic E-state index is -0.989. The summed E-state index contributed by atoms with van der Waals surface area (Å²) in [5.74, 6) is -0.0147. The van der Waals surface area contributed by atoms with Crippen molar-refractivity contribution in [3.63, 3.8) is 0 Å². The first-order valence-corrected chi connectivity index (χ1v) is 9.86. The summed E-state index contributed by atoms with van der Waals surface area (Å²) in [7, 11) is 1.52. The highest BCUT2D eigenvalue weighted by atomic mass is 32.2. The molecule has 1 aromatic rings. The minimum Gasteiger partial charge on any atom is -0.495 e. The molecule has 8 heteroatoms. The van der Waals surface area contributed by atoms with E-state index < -0.39 is 24.0 Å². The van der Waals surface area contributed by atoms with Crippen molar-refractivity contribution < 1.29 is 23.9 Å². The van der Waals surface area contributed by atoms with E-state index in [1.807, 2.05) is 19.9 Å². The van der Waals surface area contributed by atoms with E-state index in [0.29, 0.717) is 23.6 Å². The number of esters is 1. The number of methoxy groups -OCH3 is 1. The number of amides is 2. The Labute approximate surface area is 162 Å². The summed E-state index contributed by atoms with van der Waals surface area (Å²) in [6.45, 7) is 5.39. The molecule has 2 amide bonds. The van der Waals surface area contributed by atoms with Crippen LogP contribution in [0, 0.1) is 6.92 Å². The molecule has 0 aliphatic carbocycles. The van der Waals surface area contributed by atoms with E-state index in [0.717, 1.165) is 12.0 Å². The second-order valence-corrected chi connectivity index (χ2v) is 8.54. The second-order valence-electron chi connectivity index (χ2n) is 7.04. The number of anilines is 1. The lowest BCUT2D eigenvalue weighted by atomic mass is 10.2. The van der Waals surface area contributed by atoms with Gasteiger partial charge >= 0.3 is 5.97 Å². The lowest BCUT2D eigenvalue weighted by molar-refractivity contribution is -0.160. The third kappa shape index (κ3) is 3.76. The monoisotopic (exact) mass is 392 g/mol. The molecule has 2 aliphatic rings. The molecule has 3 rings (SSSR count). The van der Waals surface area contributed by atoms with Crippen LogP contribution >= 0.6 is 11.8 Å². The summed E-state index contributed by atoms with van der Waals surface area (Å²) in [5.41, 5.74) is 1.48. The zero-order valence-corrected chi connectivity index (χ0v) is 16.7. The first-order chi connectivity index (χ1) is 12.7. The molecule has 2 saturated heterocycles. The van der Waals surface area contributed by atoms with Gasteiger partial charge in [-0.3, -0.25) is 9.59 Å². The predicted octanol–water partition coefficient (Wildman–Crippen LogP) is 2.33. The Hall–Kier alpha value is -2.22. The summed E-state index contributed by atoms with van der Waals surface area (Å²) < 4.78 is 10.6. The number of hydrogen-bond donors (Lipinski definition) is 1. The number of ether oxygens (including phenoxy) is 2. The van der Waals surface area contributed by atoms with Crippen LogP contribution < -0.4 is 10.1 Å². The fraction of sp³-hybridized carbons (Fsp3) is 0.526. The quantitative estimate of drug-likeness (QED) is 0.774. The van der Waals surface area contributed by atoms with Crippen molar-refractivity contribution in [2.24, 2.45) is 0 Å². The standard InChI is InChI=1S/C19H24N2O5S/c1-11-5-6-15(25-4)13(9-11)20-17(23)12(2)26-18(24)14-10-27-19(3)8-7-16(22)21(14)19/h5-6,9,12,14H,7-8,10H2,1-4H3,(H,20,23)/t12-,14+,19-/m0/s1. The average Bonchev–Trinajstić information content (AvgIpc) is 3.11. The molecule has 0 spiro atoms. The maximum Gasteiger partial charge on any atom is 0.330 e. The number of hydrogen-bond acceptors (Lipinski definition) is 6. The van der Waals surface area contributed by atoms with Crippen molar-refractivity contribution in [2.45, 2.75) is 50.6 Å². The van der Waals surface area contributed by atoms with Crippen molar-refractivity contribution >= 4 is 35.2 Å². The van der Waals surface area contributed by atoms with E-state index in [9.17, 15) is 14.4 Å². The third-order valence-electron chi connectivity index (χ3n) is 4.99. The fourth-order valence-electron chi connectivity index (χ4n) is 3.46. The molecule has 2 fully saturated rings. The molecule has 7 nitrogen and oxygen atoms in total. The molecule has 0 saturated carbocycles. The molecule has 27 heavy (non-hydrogen) atoms. The van der Waals surface area contributed by atoms with E-state index in [1.165, 1.54) is 14.0 Å². The molecule has 0 aromatic heterocycles. The summed E-state index contributed by atoms with van der Waals surface area (Å²) in [6, 6.07) is 4.78. The van der Waals surface area contributed by atoms with Gasteiger partial charge in [-0.15, -0.1) is 11.8 Å². The third-order valence-corrected chi connectivity index (χ3v) is 6.50. The number of carbonyl (C=O) groups is 3. The van der Waals surface area contributed by atoms with E-state index in [-0.39, 0.29) is 10.8 Å². The lowest BCUT2D eigenvalue weighted by Gasteiger charge is -2.29. The first kappa shape index (κ1) is 19.5. The van der Waals surface area contributed by atoms with Gasteiger partial charge in [-0.05, 0) is 44.9 Å². The molecule has 1 aromatic carbocycles. The molecular weight excluding hydrogens is 368 g/mol. The Kier molecular flexibility index (Phi) is 5.37. The number of aryl methyl sites for hydroxylation is 1. The van der Waals surface area contributed by atoms with Crippen LogP contribution in [0.3, 0.4) is 0 Å². The van der Waals surface area contributed by atoms with Crippen LogP contribution in [0.25, 0.3) is 0 Å². The zero-order valence-electron chi connectivity index (χ0n) is 15.9. The summed E-state index contributed by atoms with van der Waals surface area (Å²) >= 11 is 1.59. The van der Waals surface area contributed by atoms with Crippen LogP contribution in [-0.2, 0) is 19.1 Å². The topological polar surface area (TPSA) is 84.9 Å². The molecule has 1 N–H and O–H groups in total. The van der Waals surface area contributed by atoms with Crippen LogP contribution in [0.4, 0.5) is 5.69 Å². The maximum atomic E-state index is 12.6. The van der Waals surface area contributed by atoms with Gasteiger partial charge in [0, 0.05) is 12.2 Å². The zero-order chi connectivity index (χ0) is 19.8. The van der Waals surface area contributed by atoms with Crippen molar-refractivity contribution in [3.8, 4) is 5.75 Å². The fourth-order valence-corrected chi connectivity index (χ4v) is 4.87. The van der Waals surface area contributed by atoms with E-state index in [1.54, 1.807) is 28.8 Å². The van der Waals surface area contributed by atoms with Crippen molar-refractivity contribution in [2.75, 3.05) is 18.2 Å². The van der Waals surface area contributed by atoms with Gasteiger partial charge in [0.25, 0.3) is 5.91 Å². The van der Waals surface area contributed by atoms with E-state index in [2.05, 4.69) is 5.32 Å². The molecule has 0 unspecified atom stereocenters. The number of nitrogens with zero attached hydrogens (tertiary/aromatic N) is 1. The first-order valence-electron chi connectivity index (χ1n) is 8.87. The normalized spacial score (nSPS) is 25.1. The van der Waals surface area contributed by atoms with Gasteiger partial charge in [-0.2, -0.15) is 0 Å². The highest BCUT2D eigenvalue weighted by Gasteiger charge is 2.53. The van der Waals surface area contributed by atoms with Crippen LogP contribution in [0.15, 0.2) is 18.2 Å². The van der Waals surface area contributed by atoms with Crippen molar-refractivity contribution in [1.29, 1.82) is 0 Å². The second kappa shape index (κ2) is 7.42. The van der Waals surface area contributed by atoms with Gasteiger partial charge < -0.3 is 19.7 Å². The molecule has 2 aliphatic heterocycles. The van der Waals surface area contributed by atoms with Crippen LogP contribution in [0.2, 0.25) is 0 Å². The van der Waals surface area contributed by atoms with Crippen LogP contribution in [-0.4, -0.2) is 52.6 Å². The van der Waals surface area contributed by atoms with Crippen molar-refractivity contribution in [3.05, 3.63) is 23.8 Å². The highest BCUT2D eigenvalue weighted by molar-refractivity contribution is 8.01. The van der Waals surface area contributed by atoms with Gasteiger partial charge in [0.1, 0.15) is 11.8 Å². The Bertz CT molecular complexity index is 783. The van der Waals surface area contributed by atoms with E-state index in [4.69, 9.17) is 9.47 Å². The van der Waals surface area contributed by atoms with Crippen LogP contribution in [0.1, 0.15) is 32.3 Å². The lowest BCUT2D eigenvalue weighted by Crippen LogP contribution is -2.48. The Morgan fingerprint density at radius 2 is 2.15 bits per heavy atom. The summed E-state index contributed by atoms with van der Waals surface area (Å²) in [5, 5.41) is 2.73. The maximum absolute atomic E-state index is 12.6. The van der Waals surface area contributed by atoms with Gasteiger partial charge in [-0.1, -0.05) is 6.07 Å². The van der Waals surface area contributed by atoms with Crippen molar-refractivity contribution in [1.82, 2.24) is 4.90 Å². The molecule has 146 valence electrons. The number of benzene rings is 1. The van der Waals surface area contributed by atoms with Gasteiger partial charge in [0.15, 0.2) is 6.10 Å². The van der Waals surface area contributed by atoms with Gasteiger partial charge in [0.2, 0.25) is 5.91 Å². The molecule has 2 heterocycles. The minimum absolute atomic E-state index is 0.0361. The summed E-state index contributed by atoms with van der Waals surface area (Å²) in [6.07, 6.45) is 0.178. The smallest absolute Gasteiger partial charge is 0.330 e. The predicted molar refractivity (Wildman–Crippen MR) is 103 cm³/mol. The van der Waals surface area contributed by atoms with Gasteiger partial charge in [0.05, 0.1) is 17.7 Å². The molecule has 0 bridgehead atoms. The Morgan fingerprint density at radius 1 is 1.41 bits per heavy atom.